The van der Waals surface area contributed by atoms with Crippen molar-refractivity contribution < 1.29 is 4.74 Å². The molecule has 1 aliphatic heterocycles. The van der Waals surface area contributed by atoms with Crippen LogP contribution in [0.15, 0.2) is 12.4 Å². The zero-order chi connectivity index (χ0) is 13.5. The molecule has 0 spiro atoms. The maximum Gasteiger partial charge on any atom is 0.110 e. The van der Waals surface area contributed by atoms with Gasteiger partial charge in [0.1, 0.15) is 5.82 Å². The van der Waals surface area contributed by atoms with Gasteiger partial charge in [0.15, 0.2) is 0 Å². The molecule has 0 saturated carbocycles. The van der Waals surface area contributed by atoms with Gasteiger partial charge in [-0.3, -0.25) is 0 Å². The predicted molar refractivity (Wildman–Crippen MR) is 77.2 cm³/mol. The lowest BCUT2D eigenvalue weighted by Gasteiger charge is -2.31. The number of rotatable bonds is 7. The van der Waals surface area contributed by atoms with Crippen molar-refractivity contribution in [2.75, 3.05) is 19.8 Å². The SMILES string of the molecule is CCCNC(Cc1nccn1CC)C1CCOCC1. The fourth-order valence-corrected chi connectivity index (χ4v) is 2.87. The zero-order valence-electron chi connectivity index (χ0n) is 12.3. The number of hydrogen-bond donors (Lipinski definition) is 1. The first kappa shape index (κ1) is 14.5. The Balaban J connectivity index is 1.99. The first-order chi connectivity index (χ1) is 9.35. The summed E-state index contributed by atoms with van der Waals surface area (Å²) in [6.07, 6.45) is 8.56. The van der Waals surface area contributed by atoms with E-state index in [1.807, 2.05) is 6.20 Å². The number of hydrogen-bond acceptors (Lipinski definition) is 3. The zero-order valence-corrected chi connectivity index (χ0v) is 12.3. The van der Waals surface area contributed by atoms with Gasteiger partial charge >= 0.3 is 0 Å². The van der Waals surface area contributed by atoms with Crippen LogP contribution in [0.25, 0.3) is 0 Å². The van der Waals surface area contributed by atoms with E-state index >= 15 is 0 Å². The van der Waals surface area contributed by atoms with Gasteiger partial charge in [-0.05, 0) is 38.6 Å². The average Bonchev–Trinajstić information content (AvgIpc) is 2.91. The fraction of sp³-hybridized carbons (Fsp3) is 0.800. The third kappa shape index (κ3) is 4.05. The van der Waals surface area contributed by atoms with E-state index in [0.717, 1.165) is 38.6 Å². The van der Waals surface area contributed by atoms with E-state index in [-0.39, 0.29) is 0 Å². The molecule has 19 heavy (non-hydrogen) atoms. The highest BCUT2D eigenvalue weighted by molar-refractivity contribution is 4.97. The molecule has 2 heterocycles. The van der Waals surface area contributed by atoms with Crippen molar-refractivity contribution in [3.8, 4) is 0 Å². The summed E-state index contributed by atoms with van der Waals surface area (Å²) in [6.45, 7) is 8.32. The Morgan fingerprint density at radius 2 is 2.21 bits per heavy atom. The Morgan fingerprint density at radius 1 is 1.42 bits per heavy atom. The lowest BCUT2D eigenvalue weighted by Crippen LogP contribution is -2.41. The summed E-state index contributed by atoms with van der Waals surface area (Å²) in [5.74, 6) is 1.94. The molecule has 1 atom stereocenters. The van der Waals surface area contributed by atoms with E-state index in [1.54, 1.807) is 0 Å². The Labute approximate surface area is 116 Å². The van der Waals surface area contributed by atoms with Crippen LogP contribution in [0.5, 0.6) is 0 Å². The molecule has 1 unspecified atom stereocenters. The first-order valence-corrected chi connectivity index (χ1v) is 7.66. The van der Waals surface area contributed by atoms with Gasteiger partial charge in [0, 0.05) is 44.6 Å². The fourth-order valence-electron chi connectivity index (χ4n) is 2.87. The molecule has 0 amide bonds. The number of imidazole rings is 1. The molecule has 2 rings (SSSR count). The summed E-state index contributed by atoms with van der Waals surface area (Å²) in [5, 5.41) is 3.72. The lowest BCUT2D eigenvalue weighted by atomic mass is 9.89. The summed E-state index contributed by atoms with van der Waals surface area (Å²) in [6, 6.07) is 0.538. The summed E-state index contributed by atoms with van der Waals surface area (Å²) in [5.41, 5.74) is 0. The van der Waals surface area contributed by atoms with Crippen LogP contribution in [0, 0.1) is 5.92 Å². The van der Waals surface area contributed by atoms with Gasteiger partial charge in [0.2, 0.25) is 0 Å². The Kier molecular flexibility index (Phi) is 5.86. The highest BCUT2D eigenvalue weighted by Crippen LogP contribution is 2.21. The van der Waals surface area contributed by atoms with Crippen molar-refractivity contribution in [3.63, 3.8) is 0 Å². The number of ether oxygens (including phenoxy) is 1. The van der Waals surface area contributed by atoms with E-state index in [0.29, 0.717) is 6.04 Å². The number of aryl methyl sites for hydroxylation is 1. The van der Waals surface area contributed by atoms with Crippen LogP contribution in [0.4, 0.5) is 0 Å². The van der Waals surface area contributed by atoms with Crippen LogP contribution < -0.4 is 5.32 Å². The average molecular weight is 265 g/mol. The minimum absolute atomic E-state index is 0.538. The predicted octanol–water partition coefficient (Wildman–Crippen LogP) is 2.24. The summed E-state index contributed by atoms with van der Waals surface area (Å²) < 4.78 is 7.74. The van der Waals surface area contributed by atoms with Gasteiger partial charge in [0.25, 0.3) is 0 Å². The van der Waals surface area contributed by atoms with Gasteiger partial charge in [-0.1, -0.05) is 6.92 Å². The van der Waals surface area contributed by atoms with Gasteiger partial charge in [0.05, 0.1) is 0 Å². The van der Waals surface area contributed by atoms with Crippen molar-refractivity contribution in [2.45, 2.75) is 52.1 Å². The molecule has 1 N–H and O–H groups in total. The van der Waals surface area contributed by atoms with E-state index in [4.69, 9.17) is 4.74 Å². The van der Waals surface area contributed by atoms with Crippen LogP contribution in [0.2, 0.25) is 0 Å². The quantitative estimate of drug-likeness (QED) is 0.822. The van der Waals surface area contributed by atoms with Gasteiger partial charge in [-0.2, -0.15) is 0 Å². The molecule has 1 saturated heterocycles. The van der Waals surface area contributed by atoms with E-state index in [2.05, 4.69) is 34.9 Å². The highest BCUT2D eigenvalue weighted by atomic mass is 16.5. The van der Waals surface area contributed by atoms with E-state index < -0.39 is 0 Å². The molecule has 4 nitrogen and oxygen atoms in total. The maximum absolute atomic E-state index is 5.49. The minimum atomic E-state index is 0.538. The molecule has 1 aliphatic rings. The Hall–Kier alpha value is -0.870. The van der Waals surface area contributed by atoms with Crippen molar-refractivity contribution in [2.24, 2.45) is 5.92 Å². The Morgan fingerprint density at radius 3 is 2.89 bits per heavy atom. The first-order valence-electron chi connectivity index (χ1n) is 7.66. The summed E-state index contributed by atoms with van der Waals surface area (Å²) >= 11 is 0. The Bertz CT molecular complexity index is 358. The van der Waals surface area contributed by atoms with Gasteiger partial charge < -0.3 is 14.6 Å². The van der Waals surface area contributed by atoms with E-state index in [1.165, 1.54) is 25.1 Å². The van der Waals surface area contributed by atoms with Crippen LogP contribution in [-0.4, -0.2) is 35.4 Å². The van der Waals surface area contributed by atoms with Crippen LogP contribution >= 0.6 is 0 Å². The third-order valence-corrected chi connectivity index (χ3v) is 4.04. The van der Waals surface area contributed by atoms with Crippen molar-refractivity contribution in [3.05, 3.63) is 18.2 Å². The molecule has 1 aromatic heterocycles. The van der Waals surface area contributed by atoms with Gasteiger partial charge in [-0.15, -0.1) is 0 Å². The summed E-state index contributed by atoms with van der Waals surface area (Å²) in [7, 11) is 0. The topological polar surface area (TPSA) is 39.1 Å². The normalized spacial score (nSPS) is 18.6. The molecular formula is C15H27N3O. The molecule has 0 bridgehead atoms. The van der Waals surface area contributed by atoms with E-state index in [9.17, 15) is 0 Å². The lowest BCUT2D eigenvalue weighted by molar-refractivity contribution is 0.0534. The molecular weight excluding hydrogens is 238 g/mol. The molecule has 1 aromatic rings. The van der Waals surface area contributed by atoms with Crippen molar-refractivity contribution in [1.29, 1.82) is 0 Å². The molecule has 1 fully saturated rings. The second-order valence-electron chi connectivity index (χ2n) is 5.34. The molecule has 108 valence electrons. The maximum atomic E-state index is 5.49. The van der Waals surface area contributed by atoms with Gasteiger partial charge in [-0.25, -0.2) is 4.98 Å². The second kappa shape index (κ2) is 7.65. The number of aromatic nitrogens is 2. The standard InChI is InChI=1S/C15H27N3O/c1-3-7-16-14(13-5-10-19-11-6-13)12-15-17-8-9-18(15)4-2/h8-9,13-14,16H,3-7,10-12H2,1-2H3. The largest absolute Gasteiger partial charge is 0.381 e. The number of nitrogens with zero attached hydrogens (tertiary/aromatic N) is 2. The van der Waals surface area contributed by atoms with Crippen LogP contribution in [-0.2, 0) is 17.7 Å². The monoisotopic (exact) mass is 265 g/mol. The van der Waals surface area contributed by atoms with Crippen LogP contribution in [0.1, 0.15) is 38.9 Å². The smallest absolute Gasteiger partial charge is 0.110 e. The third-order valence-electron chi connectivity index (χ3n) is 4.04. The van der Waals surface area contributed by atoms with Crippen molar-refractivity contribution in [1.82, 2.24) is 14.9 Å². The molecule has 0 aromatic carbocycles. The van der Waals surface area contributed by atoms with Crippen molar-refractivity contribution >= 4 is 0 Å². The van der Waals surface area contributed by atoms with Crippen LogP contribution in [0.3, 0.4) is 0 Å². The molecule has 0 aliphatic carbocycles. The highest BCUT2D eigenvalue weighted by Gasteiger charge is 2.24. The second-order valence-corrected chi connectivity index (χ2v) is 5.34. The summed E-state index contributed by atoms with van der Waals surface area (Å²) in [4.78, 5) is 4.52. The number of nitrogens with one attached hydrogen (secondary N) is 1. The molecule has 0 radical (unpaired) electrons. The minimum Gasteiger partial charge on any atom is -0.381 e. The molecule has 4 heteroatoms.